The molecule has 3 aliphatic rings. The van der Waals surface area contributed by atoms with E-state index in [1.807, 2.05) is 0 Å². The van der Waals surface area contributed by atoms with Crippen LogP contribution < -0.4 is 10.6 Å². The molecule has 174 valence electrons. The smallest absolute Gasteiger partial charge is 0.191 e. The van der Waals surface area contributed by atoms with Gasteiger partial charge in [-0.05, 0) is 59.3 Å². The van der Waals surface area contributed by atoms with E-state index in [0.29, 0.717) is 0 Å². The molecular weight excluding hydrogens is 376 g/mol. The summed E-state index contributed by atoms with van der Waals surface area (Å²) in [6.07, 6.45) is 9.06. The summed E-state index contributed by atoms with van der Waals surface area (Å²) in [5.41, 5.74) is 0.239. The van der Waals surface area contributed by atoms with Gasteiger partial charge < -0.3 is 25.2 Å². The molecule has 0 amide bonds. The SMILES string of the molecule is CCNC(=NCC1(N2CCOCC2)CCCCC1)NCCCN1CCCN(C)CC1. The number of nitrogens with zero attached hydrogens (tertiary/aromatic N) is 4. The van der Waals surface area contributed by atoms with Gasteiger partial charge in [0, 0.05) is 44.8 Å². The number of aliphatic imine (C=N–C) groups is 1. The van der Waals surface area contributed by atoms with Gasteiger partial charge in [-0.1, -0.05) is 19.3 Å². The van der Waals surface area contributed by atoms with Crippen molar-refractivity contribution in [2.75, 3.05) is 85.7 Å². The molecular formula is C23H46N6O. The zero-order valence-corrected chi connectivity index (χ0v) is 19.6. The first kappa shape index (κ1) is 23.8. The quantitative estimate of drug-likeness (QED) is 0.352. The Morgan fingerprint density at radius 2 is 1.73 bits per heavy atom. The Labute approximate surface area is 184 Å². The summed E-state index contributed by atoms with van der Waals surface area (Å²) in [5.74, 6) is 0.992. The van der Waals surface area contributed by atoms with E-state index in [4.69, 9.17) is 9.73 Å². The highest BCUT2D eigenvalue weighted by molar-refractivity contribution is 5.79. The number of hydrogen-bond acceptors (Lipinski definition) is 5. The topological polar surface area (TPSA) is 55.4 Å². The third-order valence-corrected chi connectivity index (χ3v) is 7.10. The summed E-state index contributed by atoms with van der Waals surface area (Å²) in [6.45, 7) is 14.9. The molecule has 7 heteroatoms. The maximum atomic E-state index is 5.62. The first-order valence-corrected chi connectivity index (χ1v) is 12.5. The van der Waals surface area contributed by atoms with Gasteiger partial charge in [-0.2, -0.15) is 0 Å². The van der Waals surface area contributed by atoms with Crippen molar-refractivity contribution in [3.05, 3.63) is 0 Å². The van der Waals surface area contributed by atoms with E-state index in [-0.39, 0.29) is 5.54 Å². The number of hydrogen-bond donors (Lipinski definition) is 2. The van der Waals surface area contributed by atoms with Crippen LogP contribution in [0, 0.1) is 0 Å². The van der Waals surface area contributed by atoms with Gasteiger partial charge in [-0.3, -0.25) is 9.89 Å². The van der Waals surface area contributed by atoms with Crippen molar-refractivity contribution in [2.45, 2.75) is 57.4 Å². The summed E-state index contributed by atoms with van der Waals surface area (Å²) in [7, 11) is 2.24. The maximum absolute atomic E-state index is 5.62. The van der Waals surface area contributed by atoms with Crippen molar-refractivity contribution >= 4 is 5.96 Å². The number of morpholine rings is 1. The van der Waals surface area contributed by atoms with Crippen LogP contribution in [0.1, 0.15) is 51.9 Å². The number of guanidine groups is 1. The molecule has 1 saturated carbocycles. The lowest BCUT2D eigenvalue weighted by molar-refractivity contribution is -0.0333. The number of nitrogens with one attached hydrogen (secondary N) is 2. The largest absolute Gasteiger partial charge is 0.379 e. The maximum Gasteiger partial charge on any atom is 0.191 e. The van der Waals surface area contributed by atoms with Crippen molar-refractivity contribution in [2.24, 2.45) is 4.99 Å². The lowest BCUT2D eigenvalue weighted by Crippen LogP contribution is -2.56. The Kier molecular flexibility index (Phi) is 10.2. The van der Waals surface area contributed by atoms with Crippen molar-refractivity contribution in [1.82, 2.24) is 25.3 Å². The highest BCUT2D eigenvalue weighted by atomic mass is 16.5. The molecule has 7 nitrogen and oxygen atoms in total. The van der Waals surface area contributed by atoms with E-state index in [1.54, 1.807) is 0 Å². The molecule has 2 saturated heterocycles. The predicted molar refractivity (Wildman–Crippen MR) is 125 cm³/mol. The molecule has 2 heterocycles. The van der Waals surface area contributed by atoms with Crippen LogP contribution in [0.3, 0.4) is 0 Å². The monoisotopic (exact) mass is 422 g/mol. The Hall–Kier alpha value is -0.890. The van der Waals surface area contributed by atoms with Crippen LogP contribution in [0.4, 0.5) is 0 Å². The lowest BCUT2D eigenvalue weighted by Gasteiger charge is -2.47. The molecule has 2 N–H and O–H groups in total. The molecule has 2 aliphatic heterocycles. The molecule has 0 aromatic heterocycles. The third-order valence-electron chi connectivity index (χ3n) is 7.10. The van der Waals surface area contributed by atoms with E-state index in [0.717, 1.165) is 51.9 Å². The van der Waals surface area contributed by atoms with Gasteiger partial charge >= 0.3 is 0 Å². The minimum atomic E-state index is 0.239. The first-order chi connectivity index (χ1) is 14.7. The summed E-state index contributed by atoms with van der Waals surface area (Å²) >= 11 is 0. The predicted octanol–water partition coefficient (Wildman–Crippen LogP) is 1.60. The van der Waals surface area contributed by atoms with E-state index >= 15 is 0 Å². The number of ether oxygens (including phenoxy) is 1. The van der Waals surface area contributed by atoms with E-state index < -0.39 is 0 Å². The second kappa shape index (κ2) is 12.8. The minimum absolute atomic E-state index is 0.239. The molecule has 3 fully saturated rings. The van der Waals surface area contributed by atoms with E-state index in [2.05, 4.69) is 39.3 Å². The number of likely N-dealkylation sites (N-methyl/N-ethyl adjacent to an activating group) is 1. The fourth-order valence-electron chi connectivity index (χ4n) is 5.22. The standard InChI is InChI=1S/C23H46N6O/c1-3-24-22(25-11-7-13-28-14-8-12-27(2)15-16-28)26-21-23(9-5-4-6-10-23)29-17-19-30-20-18-29/h3-21H2,1-2H3,(H2,24,25,26). The highest BCUT2D eigenvalue weighted by Crippen LogP contribution is 2.34. The van der Waals surface area contributed by atoms with Crippen LogP contribution in [0.2, 0.25) is 0 Å². The van der Waals surface area contributed by atoms with Crippen LogP contribution in [0.15, 0.2) is 4.99 Å². The fourth-order valence-corrected chi connectivity index (χ4v) is 5.22. The average Bonchev–Trinajstić information content (AvgIpc) is 3.00. The van der Waals surface area contributed by atoms with Gasteiger partial charge in [0.15, 0.2) is 5.96 Å². The van der Waals surface area contributed by atoms with Gasteiger partial charge in [-0.15, -0.1) is 0 Å². The molecule has 0 atom stereocenters. The van der Waals surface area contributed by atoms with Crippen molar-refractivity contribution < 1.29 is 4.74 Å². The van der Waals surface area contributed by atoms with Crippen molar-refractivity contribution in [3.63, 3.8) is 0 Å². The fraction of sp³-hybridized carbons (Fsp3) is 0.957. The van der Waals surface area contributed by atoms with E-state index in [9.17, 15) is 0 Å². The molecule has 30 heavy (non-hydrogen) atoms. The molecule has 0 spiro atoms. The van der Waals surface area contributed by atoms with E-state index in [1.165, 1.54) is 77.7 Å². The summed E-state index contributed by atoms with van der Waals surface area (Å²) in [5, 5.41) is 7.07. The zero-order chi connectivity index (χ0) is 21.1. The Morgan fingerprint density at radius 3 is 2.50 bits per heavy atom. The van der Waals surface area contributed by atoms with Crippen LogP contribution >= 0.6 is 0 Å². The summed E-state index contributed by atoms with van der Waals surface area (Å²) in [4.78, 5) is 12.8. The molecule has 0 bridgehead atoms. The van der Waals surface area contributed by atoms with Gasteiger partial charge in [0.25, 0.3) is 0 Å². The zero-order valence-electron chi connectivity index (χ0n) is 19.6. The van der Waals surface area contributed by atoms with Gasteiger partial charge in [-0.25, -0.2) is 0 Å². The van der Waals surface area contributed by atoms with Crippen LogP contribution in [0.5, 0.6) is 0 Å². The van der Waals surface area contributed by atoms with Crippen LogP contribution in [0.25, 0.3) is 0 Å². The Morgan fingerprint density at radius 1 is 0.933 bits per heavy atom. The summed E-state index contributed by atoms with van der Waals surface area (Å²) < 4.78 is 5.62. The average molecular weight is 423 g/mol. The normalized spacial score (nSPS) is 25.1. The molecule has 1 aliphatic carbocycles. The second-order valence-corrected chi connectivity index (χ2v) is 9.36. The molecule has 3 rings (SSSR count). The van der Waals surface area contributed by atoms with Crippen molar-refractivity contribution in [1.29, 1.82) is 0 Å². The highest BCUT2D eigenvalue weighted by Gasteiger charge is 2.38. The Bertz CT molecular complexity index is 502. The molecule has 0 radical (unpaired) electrons. The van der Waals surface area contributed by atoms with Gasteiger partial charge in [0.05, 0.1) is 19.8 Å². The van der Waals surface area contributed by atoms with Crippen LogP contribution in [-0.4, -0.2) is 112 Å². The lowest BCUT2D eigenvalue weighted by atomic mass is 9.80. The van der Waals surface area contributed by atoms with Crippen LogP contribution in [-0.2, 0) is 4.74 Å². The first-order valence-electron chi connectivity index (χ1n) is 12.5. The second-order valence-electron chi connectivity index (χ2n) is 9.36. The molecule has 0 unspecified atom stereocenters. The minimum Gasteiger partial charge on any atom is -0.379 e. The molecule has 0 aromatic rings. The third kappa shape index (κ3) is 7.36. The van der Waals surface area contributed by atoms with Crippen molar-refractivity contribution in [3.8, 4) is 0 Å². The Balaban J connectivity index is 1.48. The molecule has 0 aromatic carbocycles. The summed E-state index contributed by atoms with van der Waals surface area (Å²) in [6, 6.07) is 0. The number of rotatable bonds is 8. The van der Waals surface area contributed by atoms with Gasteiger partial charge in [0.1, 0.15) is 0 Å². The van der Waals surface area contributed by atoms with Gasteiger partial charge in [0.2, 0.25) is 0 Å².